The Hall–Kier alpha value is -2.14. The van der Waals surface area contributed by atoms with E-state index in [1.807, 2.05) is 56.7 Å². The Morgan fingerprint density at radius 3 is 2.74 bits per heavy atom. The van der Waals surface area contributed by atoms with Crippen molar-refractivity contribution in [3.8, 4) is 5.69 Å². The minimum Gasteiger partial charge on any atom is -0.392 e. The van der Waals surface area contributed by atoms with Gasteiger partial charge in [0.2, 0.25) is 0 Å². The molecule has 1 aromatic carbocycles. The number of benzene rings is 1. The lowest BCUT2D eigenvalue weighted by Gasteiger charge is -2.33. The summed E-state index contributed by atoms with van der Waals surface area (Å²) in [7, 11) is 0. The maximum absolute atomic E-state index is 12.4. The van der Waals surface area contributed by atoms with Crippen molar-refractivity contribution in [3.63, 3.8) is 0 Å². The van der Waals surface area contributed by atoms with Crippen molar-refractivity contribution in [2.24, 2.45) is 11.3 Å². The molecule has 0 aliphatic heterocycles. The molecule has 2 aromatic rings. The van der Waals surface area contributed by atoms with Gasteiger partial charge in [0.05, 0.1) is 12.4 Å². The third kappa shape index (κ3) is 4.20. The number of imidazole rings is 1. The number of carbonyl (C=O) groups is 1. The van der Waals surface area contributed by atoms with E-state index in [4.69, 9.17) is 0 Å². The van der Waals surface area contributed by atoms with Crippen LogP contribution in [0.5, 0.6) is 0 Å². The van der Waals surface area contributed by atoms with Gasteiger partial charge in [-0.05, 0) is 24.1 Å². The summed E-state index contributed by atoms with van der Waals surface area (Å²) in [6.07, 6.45) is 4.75. The summed E-state index contributed by atoms with van der Waals surface area (Å²) in [6.45, 7) is 8.28. The van der Waals surface area contributed by atoms with E-state index in [0.717, 1.165) is 5.69 Å². The molecule has 0 aliphatic rings. The Labute approximate surface area is 137 Å². The number of aliphatic hydroxyl groups excluding tert-OH is 1. The summed E-state index contributed by atoms with van der Waals surface area (Å²) >= 11 is 0. The lowest BCUT2D eigenvalue weighted by molar-refractivity contribution is 0.0138. The highest BCUT2D eigenvalue weighted by atomic mass is 16.3. The largest absolute Gasteiger partial charge is 0.392 e. The number of rotatable bonds is 6. The molecule has 0 saturated heterocycles. The zero-order valence-corrected chi connectivity index (χ0v) is 14.2. The van der Waals surface area contributed by atoms with E-state index in [0.29, 0.717) is 12.1 Å². The van der Waals surface area contributed by atoms with E-state index in [2.05, 4.69) is 10.3 Å². The van der Waals surface area contributed by atoms with E-state index >= 15 is 0 Å². The lowest BCUT2D eigenvalue weighted by atomic mass is 9.80. The van der Waals surface area contributed by atoms with Gasteiger partial charge in [0.1, 0.15) is 0 Å². The molecule has 0 aliphatic carbocycles. The van der Waals surface area contributed by atoms with Crippen LogP contribution in [0.3, 0.4) is 0 Å². The van der Waals surface area contributed by atoms with E-state index in [1.54, 1.807) is 18.6 Å². The van der Waals surface area contributed by atoms with Gasteiger partial charge in [-0.2, -0.15) is 0 Å². The van der Waals surface area contributed by atoms with Crippen LogP contribution in [0, 0.1) is 11.3 Å². The van der Waals surface area contributed by atoms with Gasteiger partial charge in [-0.15, -0.1) is 0 Å². The molecule has 0 saturated carbocycles. The molecule has 1 amide bonds. The number of aromatic nitrogens is 2. The van der Waals surface area contributed by atoms with Gasteiger partial charge in [0.25, 0.3) is 5.91 Å². The maximum Gasteiger partial charge on any atom is 0.251 e. The second kappa shape index (κ2) is 6.96. The van der Waals surface area contributed by atoms with Crippen LogP contribution in [-0.4, -0.2) is 33.2 Å². The fourth-order valence-corrected chi connectivity index (χ4v) is 2.64. The standard InChI is InChI=1S/C18H25N3O2/c1-13(2)16(22)18(3,4)11-20-17(23)14-6-5-7-15(10-14)21-9-8-19-12-21/h5-10,12-13,16,22H,11H2,1-4H3,(H,20,23). The number of hydrogen-bond acceptors (Lipinski definition) is 3. The van der Waals surface area contributed by atoms with Crippen LogP contribution in [0.4, 0.5) is 0 Å². The van der Waals surface area contributed by atoms with Gasteiger partial charge in [0, 0.05) is 35.6 Å². The summed E-state index contributed by atoms with van der Waals surface area (Å²) < 4.78 is 1.85. The normalized spacial score (nSPS) is 13.1. The number of hydrogen-bond donors (Lipinski definition) is 2. The predicted molar refractivity (Wildman–Crippen MR) is 90.5 cm³/mol. The molecule has 1 atom stereocenters. The Bertz CT molecular complexity index is 648. The quantitative estimate of drug-likeness (QED) is 0.861. The number of carbonyl (C=O) groups excluding carboxylic acids is 1. The summed E-state index contributed by atoms with van der Waals surface area (Å²) in [6, 6.07) is 7.37. The Morgan fingerprint density at radius 2 is 2.13 bits per heavy atom. The highest BCUT2D eigenvalue weighted by molar-refractivity contribution is 5.94. The average molecular weight is 315 g/mol. The second-order valence-corrected chi connectivity index (χ2v) is 6.88. The molecule has 5 heteroatoms. The first-order valence-corrected chi connectivity index (χ1v) is 7.86. The first-order valence-electron chi connectivity index (χ1n) is 7.86. The molecular formula is C18H25N3O2. The van der Waals surface area contributed by atoms with Crippen LogP contribution in [0.2, 0.25) is 0 Å². The minimum atomic E-state index is -0.472. The van der Waals surface area contributed by atoms with Crippen molar-refractivity contribution >= 4 is 5.91 Å². The molecule has 0 radical (unpaired) electrons. The predicted octanol–water partition coefficient (Wildman–Crippen LogP) is 2.65. The monoisotopic (exact) mass is 315 g/mol. The fourth-order valence-electron chi connectivity index (χ4n) is 2.64. The van der Waals surface area contributed by atoms with Crippen LogP contribution in [-0.2, 0) is 0 Å². The zero-order valence-electron chi connectivity index (χ0n) is 14.2. The maximum atomic E-state index is 12.4. The van der Waals surface area contributed by atoms with Crippen LogP contribution < -0.4 is 5.32 Å². The molecule has 23 heavy (non-hydrogen) atoms. The molecule has 2 rings (SSSR count). The summed E-state index contributed by atoms with van der Waals surface area (Å²) in [4.78, 5) is 16.4. The topological polar surface area (TPSA) is 67.2 Å². The van der Waals surface area contributed by atoms with Crippen LogP contribution in [0.25, 0.3) is 5.69 Å². The van der Waals surface area contributed by atoms with Crippen molar-refractivity contribution in [1.82, 2.24) is 14.9 Å². The highest BCUT2D eigenvalue weighted by Crippen LogP contribution is 2.25. The molecule has 2 N–H and O–H groups in total. The summed E-state index contributed by atoms with van der Waals surface area (Å²) in [5.74, 6) is 0.00228. The zero-order chi connectivity index (χ0) is 17.0. The van der Waals surface area contributed by atoms with Crippen molar-refractivity contribution in [2.75, 3.05) is 6.54 Å². The second-order valence-electron chi connectivity index (χ2n) is 6.88. The van der Waals surface area contributed by atoms with E-state index in [9.17, 15) is 9.90 Å². The lowest BCUT2D eigenvalue weighted by Crippen LogP contribution is -2.43. The first kappa shape index (κ1) is 17.2. The fraction of sp³-hybridized carbons (Fsp3) is 0.444. The number of aliphatic hydroxyl groups is 1. The van der Waals surface area contributed by atoms with Crippen molar-refractivity contribution in [2.45, 2.75) is 33.8 Å². The molecule has 1 aromatic heterocycles. The van der Waals surface area contributed by atoms with Crippen LogP contribution in [0.1, 0.15) is 38.1 Å². The molecule has 0 bridgehead atoms. The average Bonchev–Trinajstić information content (AvgIpc) is 3.06. The van der Waals surface area contributed by atoms with E-state index < -0.39 is 6.10 Å². The van der Waals surface area contributed by atoms with Crippen molar-refractivity contribution in [1.29, 1.82) is 0 Å². The van der Waals surface area contributed by atoms with Gasteiger partial charge in [-0.3, -0.25) is 4.79 Å². The highest BCUT2D eigenvalue weighted by Gasteiger charge is 2.30. The SMILES string of the molecule is CC(C)C(O)C(C)(C)CNC(=O)c1cccc(-n2ccnc2)c1. The molecular weight excluding hydrogens is 290 g/mol. The van der Waals surface area contributed by atoms with E-state index in [1.165, 1.54) is 0 Å². The van der Waals surface area contributed by atoms with Gasteiger partial charge < -0.3 is 15.0 Å². The van der Waals surface area contributed by atoms with Gasteiger partial charge in [-0.1, -0.05) is 33.8 Å². The molecule has 1 unspecified atom stereocenters. The Balaban J connectivity index is 2.06. The number of nitrogens with zero attached hydrogens (tertiary/aromatic N) is 2. The van der Waals surface area contributed by atoms with Crippen molar-refractivity contribution < 1.29 is 9.90 Å². The Kier molecular flexibility index (Phi) is 5.21. The van der Waals surface area contributed by atoms with Crippen LogP contribution >= 0.6 is 0 Å². The van der Waals surface area contributed by atoms with Crippen LogP contribution in [0.15, 0.2) is 43.0 Å². The van der Waals surface area contributed by atoms with Gasteiger partial charge in [0.15, 0.2) is 0 Å². The van der Waals surface area contributed by atoms with Gasteiger partial charge >= 0.3 is 0 Å². The molecule has 0 fully saturated rings. The van der Waals surface area contributed by atoms with Crippen molar-refractivity contribution in [3.05, 3.63) is 48.5 Å². The van der Waals surface area contributed by atoms with E-state index in [-0.39, 0.29) is 17.2 Å². The summed E-state index contributed by atoms with van der Waals surface area (Å²) in [5.41, 5.74) is 1.09. The smallest absolute Gasteiger partial charge is 0.251 e. The minimum absolute atomic E-state index is 0.143. The number of nitrogens with one attached hydrogen (secondary N) is 1. The molecule has 0 spiro atoms. The third-order valence-corrected chi connectivity index (χ3v) is 4.05. The third-order valence-electron chi connectivity index (χ3n) is 4.05. The first-order chi connectivity index (χ1) is 10.8. The van der Waals surface area contributed by atoms with Gasteiger partial charge in [-0.25, -0.2) is 4.98 Å². The molecule has 1 heterocycles. The molecule has 124 valence electrons. The molecule has 5 nitrogen and oxygen atoms in total. The summed E-state index contributed by atoms with van der Waals surface area (Å²) in [5, 5.41) is 13.2. The Morgan fingerprint density at radius 1 is 1.39 bits per heavy atom. The number of amides is 1.